The molecule has 1 heterocycles. The van der Waals surface area contributed by atoms with Crippen molar-refractivity contribution in [3.63, 3.8) is 0 Å². The molecule has 1 unspecified atom stereocenters. The van der Waals surface area contributed by atoms with Crippen molar-refractivity contribution < 1.29 is 24.9 Å². The summed E-state index contributed by atoms with van der Waals surface area (Å²) < 4.78 is 5.27. The Balaban J connectivity index is 2.78. The molecule has 0 bridgehead atoms. The van der Waals surface area contributed by atoms with Crippen LogP contribution in [0.25, 0.3) is 0 Å². The van der Waals surface area contributed by atoms with Crippen molar-refractivity contribution in [1.29, 1.82) is 0 Å². The van der Waals surface area contributed by atoms with E-state index in [1.165, 1.54) is 4.90 Å². The normalized spacial score (nSPS) is 31.3. The predicted molar refractivity (Wildman–Crippen MR) is 68.9 cm³/mol. The van der Waals surface area contributed by atoms with Crippen molar-refractivity contribution in [2.24, 2.45) is 0 Å². The third-order valence-electron chi connectivity index (χ3n) is 2.91. The number of aliphatic hydroxyl groups excluding tert-OH is 3. The molecule has 2 amide bonds. The van der Waals surface area contributed by atoms with Crippen LogP contribution in [0.3, 0.4) is 0 Å². The Hall–Kier alpha value is -0.600. The number of hydrogen-bond donors (Lipinski definition) is 4. The number of carbonyl (C=O) groups is 1. The van der Waals surface area contributed by atoms with Crippen molar-refractivity contribution in [3.8, 4) is 0 Å². The first kappa shape index (κ1) is 16.5. The lowest BCUT2D eigenvalue weighted by Crippen LogP contribution is -2.63. The molecule has 8 heteroatoms. The molecule has 0 saturated carbocycles. The van der Waals surface area contributed by atoms with Gasteiger partial charge in [0.2, 0.25) is 0 Å². The molecule has 4 N–H and O–H groups in total. The molecule has 4 atom stereocenters. The van der Waals surface area contributed by atoms with Gasteiger partial charge in [-0.1, -0.05) is 0 Å². The minimum absolute atomic E-state index is 0.144. The predicted octanol–water partition coefficient (Wildman–Crippen LogP) is -0.916. The molecule has 0 radical (unpaired) electrons. The minimum atomic E-state index is -1.37. The third-order valence-corrected chi connectivity index (χ3v) is 3.10. The van der Waals surface area contributed by atoms with E-state index >= 15 is 0 Å². The quantitative estimate of drug-likeness (QED) is 0.503. The fraction of sp³-hybridized carbons (Fsp3) is 0.909. The second-order valence-electron chi connectivity index (χ2n) is 4.69. The van der Waals surface area contributed by atoms with Crippen molar-refractivity contribution in [3.05, 3.63) is 0 Å². The Bertz CT molecular complexity index is 305. The van der Waals surface area contributed by atoms with Gasteiger partial charge in [-0.25, -0.2) is 4.79 Å². The number of amides is 2. The first-order valence-corrected chi connectivity index (χ1v) is 6.71. The zero-order valence-corrected chi connectivity index (χ0v) is 11.7. The maximum Gasteiger partial charge on any atom is 0.319 e. The number of ether oxygens (including phenoxy) is 1. The molecule has 0 aromatic rings. The van der Waals surface area contributed by atoms with Gasteiger partial charge in [-0.05, 0) is 13.8 Å². The summed E-state index contributed by atoms with van der Waals surface area (Å²) in [7, 11) is 0. The Kier molecular flexibility index (Phi) is 6.28. The molecule has 0 aromatic carbocycles. The largest absolute Gasteiger partial charge is 0.388 e. The summed E-state index contributed by atoms with van der Waals surface area (Å²) in [5.41, 5.74) is 0. The molecule has 1 rings (SSSR count). The second-order valence-corrected chi connectivity index (χ2v) is 5.07. The molecule has 1 aliphatic heterocycles. The zero-order chi connectivity index (χ0) is 14.6. The maximum atomic E-state index is 12.0. The van der Waals surface area contributed by atoms with Crippen LogP contribution >= 0.6 is 11.6 Å². The summed E-state index contributed by atoms with van der Waals surface area (Å²) in [6.45, 7) is 3.66. The fourth-order valence-electron chi connectivity index (χ4n) is 1.92. The summed E-state index contributed by atoms with van der Waals surface area (Å²) in [6, 6.07) is -0.694. The molecule has 1 saturated heterocycles. The van der Waals surface area contributed by atoms with E-state index in [1.54, 1.807) is 13.8 Å². The van der Waals surface area contributed by atoms with E-state index in [-0.39, 0.29) is 25.1 Å². The monoisotopic (exact) mass is 296 g/mol. The number of urea groups is 1. The van der Waals surface area contributed by atoms with Crippen LogP contribution in [0.1, 0.15) is 13.8 Å². The lowest BCUT2D eigenvalue weighted by molar-refractivity contribution is -0.223. The Morgan fingerprint density at radius 1 is 1.42 bits per heavy atom. The highest BCUT2D eigenvalue weighted by Gasteiger charge is 2.42. The Morgan fingerprint density at radius 2 is 2.05 bits per heavy atom. The van der Waals surface area contributed by atoms with E-state index in [0.717, 1.165) is 0 Å². The van der Waals surface area contributed by atoms with Crippen molar-refractivity contribution >= 4 is 17.6 Å². The highest BCUT2D eigenvalue weighted by atomic mass is 35.5. The van der Waals surface area contributed by atoms with Crippen LogP contribution in [-0.2, 0) is 4.74 Å². The molecule has 1 fully saturated rings. The summed E-state index contributed by atoms with van der Waals surface area (Å²) in [4.78, 5) is 13.3. The molecule has 19 heavy (non-hydrogen) atoms. The average molecular weight is 297 g/mol. The Labute approximate surface area is 117 Å². The van der Waals surface area contributed by atoms with E-state index in [0.29, 0.717) is 0 Å². The summed E-state index contributed by atoms with van der Waals surface area (Å²) in [6.07, 6.45) is -4.88. The second kappa shape index (κ2) is 7.25. The highest BCUT2D eigenvalue weighted by Crippen LogP contribution is 2.20. The van der Waals surface area contributed by atoms with Gasteiger partial charge in [-0.15, -0.1) is 11.6 Å². The van der Waals surface area contributed by atoms with Crippen LogP contribution in [-0.4, -0.2) is 75.9 Å². The minimum Gasteiger partial charge on any atom is -0.388 e. The van der Waals surface area contributed by atoms with Crippen LogP contribution in [0.2, 0.25) is 0 Å². The van der Waals surface area contributed by atoms with Crippen molar-refractivity contribution in [2.75, 3.05) is 19.0 Å². The van der Waals surface area contributed by atoms with Crippen LogP contribution in [0.15, 0.2) is 0 Å². The SMILES string of the molecule is CC(C)N(C(=O)NCCCl)C1OC[C@H](O)[C@H](O)[C@H]1O. The smallest absolute Gasteiger partial charge is 0.319 e. The number of hydrogen-bond acceptors (Lipinski definition) is 5. The third kappa shape index (κ3) is 3.93. The van der Waals surface area contributed by atoms with Gasteiger partial charge in [0, 0.05) is 18.5 Å². The molecule has 1 aliphatic rings. The van der Waals surface area contributed by atoms with Crippen molar-refractivity contribution in [1.82, 2.24) is 10.2 Å². The molecule has 0 spiro atoms. The number of alkyl halides is 1. The van der Waals surface area contributed by atoms with Crippen LogP contribution < -0.4 is 5.32 Å². The standard InChI is InChI=1S/C11H21ClN2O5/c1-6(2)14(11(18)13-4-3-12)10-9(17)8(16)7(15)5-19-10/h6-10,15-17H,3-5H2,1-2H3,(H,13,18)/t7-,8-,9+,10?/m0/s1. The molecule has 112 valence electrons. The van der Waals surface area contributed by atoms with E-state index in [9.17, 15) is 20.1 Å². The summed E-state index contributed by atoms with van der Waals surface area (Å²) in [5, 5.41) is 31.5. The summed E-state index contributed by atoms with van der Waals surface area (Å²) >= 11 is 5.50. The van der Waals surface area contributed by atoms with Crippen molar-refractivity contribution in [2.45, 2.75) is 44.4 Å². The van der Waals surface area contributed by atoms with Gasteiger partial charge in [-0.3, -0.25) is 4.90 Å². The first-order chi connectivity index (χ1) is 8.90. The fourth-order valence-corrected chi connectivity index (χ4v) is 2.02. The van der Waals surface area contributed by atoms with E-state index in [2.05, 4.69) is 5.32 Å². The van der Waals surface area contributed by atoms with E-state index < -0.39 is 30.6 Å². The topological polar surface area (TPSA) is 102 Å². The zero-order valence-electron chi connectivity index (χ0n) is 11.0. The molecular formula is C11H21ClN2O5. The average Bonchev–Trinajstić information content (AvgIpc) is 2.36. The van der Waals surface area contributed by atoms with Gasteiger partial charge < -0.3 is 25.4 Å². The number of rotatable bonds is 4. The number of halogens is 1. The highest BCUT2D eigenvalue weighted by molar-refractivity contribution is 6.18. The molecule has 0 aliphatic carbocycles. The molecular weight excluding hydrogens is 276 g/mol. The number of carbonyl (C=O) groups excluding carboxylic acids is 1. The molecule has 0 aromatic heterocycles. The van der Waals surface area contributed by atoms with Gasteiger partial charge in [0.05, 0.1) is 6.61 Å². The lowest BCUT2D eigenvalue weighted by Gasteiger charge is -2.42. The van der Waals surface area contributed by atoms with Gasteiger partial charge >= 0.3 is 6.03 Å². The van der Waals surface area contributed by atoms with E-state index in [4.69, 9.17) is 16.3 Å². The van der Waals surface area contributed by atoms with Gasteiger partial charge in [0.15, 0.2) is 6.23 Å². The summed E-state index contributed by atoms with van der Waals surface area (Å²) in [5.74, 6) is 0.271. The van der Waals surface area contributed by atoms with Crippen LogP contribution in [0, 0.1) is 0 Å². The lowest BCUT2D eigenvalue weighted by atomic mass is 10.0. The number of nitrogens with zero attached hydrogens (tertiary/aromatic N) is 1. The van der Waals surface area contributed by atoms with E-state index in [1.807, 2.05) is 0 Å². The first-order valence-electron chi connectivity index (χ1n) is 6.18. The Morgan fingerprint density at radius 3 is 2.58 bits per heavy atom. The number of nitrogens with one attached hydrogen (secondary N) is 1. The maximum absolute atomic E-state index is 12.0. The van der Waals surface area contributed by atoms with Crippen LogP contribution in [0.4, 0.5) is 4.79 Å². The van der Waals surface area contributed by atoms with Gasteiger partial charge in [0.1, 0.15) is 18.3 Å². The van der Waals surface area contributed by atoms with Crippen LogP contribution in [0.5, 0.6) is 0 Å². The molecule has 7 nitrogen and oxygen atoms in total. The number of aliphatic hydroxyl groups is 3. The van der Waals surface area contributed by atoms with Gasteiger partial charge in [0.25, 0.3) is 0 Å². The van der Waals surface area contributed by atoms with Gasteiger partial charge in [-0.2, -0.15) is 0 Å².